The Kier molecular flexibility index (Phi) is 5.29. The van der Waals surface area contributed by atoms with E-state index < -0.39 is 0 Å². The van der Waals surface area contributed by atoms with E-state index >= 15 is 0 Å². The second-order valence-corrected chi connectivity index (χ2v) is 10.5. The maximum Gasteiger partial charge on any atom is 0.263 e. The first-order valence-electron chi connectivity index (χ1n) is 11.7. The zero-order valence-electron chi connectivity index (χ0n) is 19.1. The van der Waals surface area contributed by atoms with Crippen molar-refractivity contribution in [3.8, 4) is 0 Å². The van der Waals surface area contributed by atoms with E-state index in [0.717, 1.165) is 47.2 Å². The summed E-state index contributed by atoms with van der Waals surface area (Å²) in [6, 6.07) is 7.55. The van der Waals surface area contributed by atoms with Crippen molar-refractivity contribution in [3.63, 3.8) is 0 Å². The molecule has 1 aromatic carbocycles. The molecule has 5 aromatic rings. The number of rotatable bonds is 6. The lowest BCUT2D eigenvalue weighted by Gasteiger charge is -2.12. The molecule has 4 heterocycles. The summed E-state index contributed by atoms with van der Waals surface area (Å²) >= 11 is 3.17. The van der Waals surface area contributed by atoms with Crippen molar-refractivity contribution in [3.05, 3.63) is 61.2 Å². The molecule has 10 heteroatoms. The molecular formula is C24H24N6O2S2. The summed E-state index contributed by atoms with van der Waals surface area (Å²) in [5, 5.41) is 10.9. The smallest absolute Gasteiger partial charge is 0.263 e. The highest BCUT2D eigenvalue weighted by molar-refractivity contribution is 7.98. The van der Waals surface area contributed by atoms with Crippen molar-refractivity contribution in [1.82, 2.24) is 28.7 Å². The van der Waals surface area contributed by atoms with Crippen LogP contribution in [-0.4, -0.2) is 28.7 Å². The third-order valence-electron chi connectivity index (χ3n) is 6.46. The molecule has 1 aliphatic rings. The summed E-state index contributed by atoms with van der Waals surface area (Å²) in [6.45, 7) is 5.15. The van der Waals surface area contributed by atoms with E-state index in [1.165, 1.54) is 22.2 Å². The maximum absolute atomic E-state index is 13.5. The van der Waals surface area contributed by atoms with Gasteiger partial charge in [0.25, 0.3) is 11.1 Å². The van der Waals surface area contributed by atoms with Gasteiger partial charge in [0.05, 0.1) is 22.0 Å². The molecule has 34 heavy (non-hydrogen) atoms. The van der Waals surface area contributed by atoms with E-state index in [0.29, 0.717) is 35.2 Å². The second kappa shape index (κ2) is 8.35. The number of fused-ring (bicyclic) bond motifs is 6. The Balaban J connectivity index is 1.47. The van der Waals surface area contributed by atoms with Crippen molar-refractivity contribution in [2.45, 2.75) is 63.5 Å². The minimum atomic E-state index is -0.0631. The highest BCUT2D eigenvalue weighted by Crippen LogP contribution is 2.36. The summed E-state index contributed by atoms with van der Waals surface area (Å²) in [5.74, 6) is 1.75. The van der Waals surface area contributed by atoms with Gasteiger partial charge in [-0.05, 0) is 50.3 Å². The third-order valence-corrected chi connectivity index (χ3v) is 8.62. The summed E-state index contributed by atoms with van der Waals surface area (Å²) in [7, 11) is 0. The molecule has 0 spiro atoms. The van der Waals surface area contributed by atoms with Crippen molar-refractivity contribution in [2.75, 3.05) is 0 Å². The average Bonchev–Trinajstić information content (AvgIpc) is 3.55. The standard InChI is InChI=1S/C24H24N6O2S2/c1-3-12-29-22(32)19-15-9-7-11-17(15)34-20(19)25-24(29)33-13-18-26-27-23-28(4-2)21(31)14-8-5-6-10-16(14)30(18)23/h5-6,8,10H,3-4,7,9,11-13H2,1-2H3. The Bertz CT molecular complexity index is 1690. The Morgan fingerprint density at radius 2 is 1.91 bits per heavy atom. The first kappa shape index (κ1) is 21.5. The monoisotopic (exact) mass is 492 g/mol. The van der Waals surface area contributed by atoms with Crippen LogP contribution >= 0.6 is 23.1 Å². The Morgan fingerprint density at radius 3 is 2.74 bits per heavy atom. The van der Waals surface area contributed by atoms with Gasteiger partial charge >= 0.3 is 0 Å². The molecule has 0 unspecified atom stereocenters. The molecule has 0 aliphatic heterocycles. The van der Waals surface area contributed by atoms with Crippen molar-refractivity contribution >= 4 is 50.0 Å². The number of thiophene rings is 1. The number of hydrogen-bond donors (Lipinski definition) is 0. The lowest BCUT2D eigenvalue weighted by atomic mass is 10.2. The Hall–Kier alpha value is -2.98. The van der Waals surface area contributed by atoms with E-state index in [1.54, 1.807) is 15.9 Å². The van der Waals surface area contributed by atoms with E-state index in [1.807, 2.05) is 40.2 Å². The van der Waals surface area contributed by atoms with Gasteiger partial charge in [-0.1, -0.05) is 30.8 Å². The summed E-state index contributed by atoms with van der Waals surface area (Å²) in [4.78, 5) is 33.5. The van der Waals surface area contributed by atoms with Crippen LogP contribution in [-0.2, 0) is 31.7 Å². The van der Waals surface area contributed by atoms with Crippen LogP contribution in [0.15, 0.2) is 39.0 Å². The number of benzene rings is 1. The van der Waals surface area contributed by atoms with Crippen LogP contribution in [0.4, 0.5) is 0 Å². The first-order valence-corrected chi connectivity index (χ1v) is 13.5. The topological polar surface area (TPSA) is 87.1 Å². The SMILES string of the molecule is CCCn1c(SCc2nnc3n(CC)c(=O)c4ccccc4n23)nc2sc3c(c2c1=O)CCC3. The number of aryl methyl sites for hydroxylation is 3. The number of hydrogen-bond acceptors (Lipinski definition) is 7. The van der Waals surface area contributed by atoms with Gasteiger partial charge in [-0.25, -0.2) is 4.98 Å². The van der Waals surface area contributed by atoms with Crippen LogP contribution in [0.1, 0.15) is 43.0 Å². The zero-order chi connectivity index (χ0) is 23.4. The van der Waals surface area contributed by atoms with E-state index in [-0.39, 0.29) is 11.1 Å². The van der Waals surface area contributed by atoms with E-state index in [9.17, 15) is 9.59 Å². The molecule has 0 fully saturated rings. The van der Waals surface area contributed by atoms with Crippen LogP contribution in [0.2, 0.25) is 0 Å². The second-order valence-electron chi connectivity index (χ2n) is 8.50. The Morgan fingerprint density at radius 1 is 1.06 bits per heavy atom. The lowest BCUT2D eigenvalue weighted by Crippen LogP contribution is -2.23. The van der Waals surface area contributed by atoms with E-state index in [4.69, 9.17) is 4.98 Å². The molecule has 0 saturated carbocycles. The van der Waals surface area contributed by atoms with Gasteiger partial charge in [0, 0.05) is 18.0 Å². The summed E-state index contributed by atoms with van der Waals surface area (Å²) < 4.78 is 5.42. The van der Waals surface area contributed by atoms with Gasteiger partial charge in [-0.3, -0.25) is 23.1 Å². The van der Waals surface area contributed by atoms with Crippen LogP contribution < -0.4 is 11.1 Å². The molecule has 6 rings (SSSR count). The van der Waals surface area contributed by atoms with Crippen molar-refractivity contribution in [2.24, 2.45) is 0 Å². The van der Waals surface area contributed by atoms with Gasteiger partial charge in [-0.2, -0.15) is 0 Å². The van der Waals surface area contributed by atoms with Crippen molar-refractivity contribution < 1.29 is 0 Å². The van der Waals surface area contributed by atoms with Crippen LogP contribution in [0.3, 0.4) is 0 Å². The predicted octanol–water partition coefficient (Wildman–Crippen LogP) is 4.03. The van der Waals surface area contributed by atoms with Crippen LogP contribution in [0, 0.1) is 0 Å². The molecule has 0 bridgehead atoms. The van der Waals surface area contributed by atoms with Gasteiger partial charge in [0.2, 0.25) is 5.78 Å². The highest BCUT2D eigenvalue weighted by atomic mass is 32.2. The zero-order valence-corrected chi connectivity index (χ0v) is 20.7. The molecule has 0 N–H and O–H groups in total. The Labute approximate surface area is 203 Å². The summed E-state index contributed by atoms with van der Waals surface area (Å²) in [6.07, 6.45) is 4.00. The van der Waals surface area contributed by atoms with E-state index in [2.05, 4.69) is 17.1 Å². The molecule has 0 amide bonds. The van der Waals surface area contributed by atoms with Crippen LogP contribution in [0.5, 0.6) is 0 Å². The maximum atomic E-state index is 13.5. The minimum absolute atomic E-state index is 0.0631. The number of thioether (sulfide) groups is 1. The average molecular weight is 493 g/mol. The molecule has 0 atom stereocenters. The lowest BCUT2D eigenvalue weighted by molar-refractivity contribution is 0.585. The van der Waals surface area contributed by atoms with Gasteiger partial charge in [0.1, 0.15) is 10.7 Å². The fraction of sp³-hybridized carbons (Fsp3) is 0.375. The molecule has 0 saturated heterocycles. The molecule has 174 valence electrons. The van der Waals surface area contributed by atoms with Gasteiger partial charge in [0.15, 0.2) is 5.16 Å². The normalized spacial score (nSPS) is 13.5. The van der Waals surface area contributed by atoms with Gasteiger partial charge in [-0.15, -0.1) is 21.5 Å². The largest absolute Gasteiger partial charge is 0.287 e. The molecule has 1 aliphatic carbocycles. The number of nitrogens with zero attached hydrogens (tertiary/aromatic N) is 6. The molecule has 8 nitrogen and oxygen atoms in total. The first-order chi connectivity index (χ1) is 16.6. The number of aromatic nitrogens is 6. The third kappa shape index (κ3) is 3.15. The minimum Gasteiger partial charge on any atom is -0.287 e. The predicted molar refractivity (Wildman–Crippen MR) is 136 cm³/mol. The van der Waals surface area contributed by atoms with Gasteiger partial charge < -0.3 is 0 Å². The fourth-order valence-electron chi connectivity index (χ4n) is 4.91. The van der Waals surface area contributed by atoms with Crippen LogP contribution in [0.25, 0.3) is 26.9 Å². The molecular weight excluding hydrogens is 468 g/mol. The summed E-state index contributed by atoms with van der Waals surface area (Å²) in [5.41, 5.74) is 2.01. The number of para-hydroxylation sites is 1. The molecule has 0 radical (unpaired) electrons. The fourth-order valence-corrected chi connectivity index (χ4v) is 7.15. The molecule has 4 aromatic heterocycles. The highest BCUT2D eigenvalue weighted by Gasteiger charge is 2.24. The van der Waals surface area contributed by atoms with Crippen molar-refractivity contribution in [1.29, 1.82) is 0 Å². The quantitative estimate of drug-likeness (QED) is 0.263.